The minimum absolute atomic E-state index is 0. The van der Waals surface area contributed by atoms with E-state index in [1.807, 2.05) is 0 Å². The largest absolute Gasteiger partial charge is 1.00 e. The molecule has 0 aromatic carbocycles. The topological polar surface area (TPSA) is 18.5 Å². The summed E-state index contributed by atoms with van der Waals surface area (Å²) in [4.78, 5) is 0. The van der Waals surface area contributed by atoms with Crippen molar-refractivity contribution in [2.75, 3.05) is 19.8 Å². The summed E-state index contributed by atoms with van der Waals surface area (Å²) < 4.78 is 46.1. The van der Waals surface area contributed by atoms with E-state index in [-0.39, 0.29) is 64.1 Å². The second kappa shape index (κ2) is 7.47. The van der Waals surface area contributed by atoms with Gasteiger partial charge >= 0.3 is 58.4 Å². The van der Waals surface area contributed by atoms with Gasteiger partial charge in [-0.1, -0.05) is 0 Å². The first-order valence-electron chi connectivity index (χ1n) is 4.57. The van der Waals surface area contributed by atoms with Crippen LogP contribution in [0, 0.1) is 0 Å². The Morgan fingerprint density at radius 2 is 2.13 bits per heavy atom. The van der Waals surface area contributed by atoms with Gasteiger partial charge in [0.05, 0.1) is 12.7 Å². The molecule has 1 fully saturated rings. The zero-order chi connectivity index (χ0) is 10.6. The third-order valence-electron chi connectivity index (χ3n) is 2.08. The first-order valence-corrected chi connectivity index (χ1v) is 4.57. The monoisotopic (exact) mass is 248 g/mol. The molecule has 15 heavy (non-hydrogen) atoms. The van der Waals surface area contributed by atoms with E-state index < -0.39 is 19.1 Å². The van der Waals surface area contributed by atoms with Crippen LogP contribution in [0.15, 0.2) is 12.1 Å². The molecule has 0 bridgehead atoms. The van der Waals surface area contributed by atoms with Crippen LogP contribution in [0.4, 0.5) is 12.9 Å². The fourth-order valence-electron chi connectivity index (χ4n) is 1.19. The molecule has 0 amide bonds. The van der Waals surface area contributed by atoms with Gasteiger partial charge in [-0.05, 0) is 12.8 Å². The van der Waals surface area contributed by atoms with Crippen molar-refractivity contribution in [3.05, 3.63) is 12.1 Å². The Morgan fingerprint density at radius 1 is 1.47 bits per heavy atom. The van der Waals surface area contributed by atoms with Gasteiger partial charge < -0.3 is 22.4 Å². The van der Waals surface area contributed by atoms with Crippen LogP contribution in [0.2, 0.25) is 0 Å². The Hall–Kier alpha value is 1.15. The minimum Gasteiger partial charge on any atom is -0.445 e. The molecule has 0 N–H and O–H groups in total. The molecule has 0 aromatic rings. The van der Waals surface area contributed by atoms with Crippen molar-refractivity contribution in [1.82, 2.24) is 0 Å². The number of hydrogen-bond acceptors (Lipinski definition) is 2. The molecule has 1 rings (SSSR count). The molecule has 7 heteroatoms. The summed E-state index contributed by atoms with van der Waals surface area (Å²) in [6.45, 7) is -1.56. The number of halogens is 3. The first-order chi connectivity index (χ1) is 6.50. The van der Waals surface area contributed by atoms with E-state index in [1.165, 1.54) is 0 Å². The van der Waals surface area contributed by atoms with E-state index in [4.69, 9.17) is 9.47 Å². The van der Waals surface area contributed by atoms with Crippen LogP contribution in [0.5, 0.6) is 0 Å². The zero-order valence-electron chi connectivity index (χ0n) is 8.85. The average Bonchev–Trinajstić information content (AvgIpc) is 2.55. The molecule has 0 aliphatic carbocycles. The van der Waals surface area contributed by atoms with E-state index >= 15 is 0 Å². The van der Waals surface area contributed by atoms with Crippen LogP contribution in [0.1, 0.15) is 12.8 Å². The second-order valence-electron chi connectivity index (χ2n) is 3.38. The average molecular weight is 248 g/mol. The summed E-state index contributed by atoms with van der Waals surface area (Å²) in [5.41, 5.74) is -0.789. The van der Waals surface area contributed by atoms with Crippen molar-refractivity contribution in [3.63, 3.8) is 0 Å². The number of ether oxygens (including phenoxy) is 2. The molecule has 1 unspecified atom stereocenters. The first kappa shape index (κ1) is 16.2. The zero-order valence-corrected chi connectivity index (χ0v) is 12.0. The molecular formula is C8H13BF3KO2. The van der Waals surface area contributed by atoms with Gasteiger partial charge in [0.1, 0.15) is 0 Å². The molecule has 1 atom stereocenters. The van der Waals surface area contributed by atoms with Gasteiger partial charge in [0.15, 0.2) is 0 Å². The second-order valence-corrected chi connectivity index (χ2v) is 3.38. The Labute approximate surface area is 130 Å². The predicted octanol–water partition coefficient (Wildman–Crippen LogP) is -0.871. The standard InChI is InChI=1S/C8H13BF3O2.K/c1-7(9(10,11)12)5-13-6-8-3-2-4-14-8;/h8H,1-6H2;/q-1;+1. The van der Waals surface area contributed by atoms with Gasteiger partial charge in [-0.25, -0.2) is 0 Å². The predicted molar refractivity (Wildman–Crippen MR) is 48.0 cm³/mol. The molecule has 1 aliphatic heterocycles. The van der Waals surface area contributed by atoms with Crippen LogP contribution in [0.25, 0.3) is 0 Å². The SMILES string of the molecule is C=C(COCC1CCCO1)[B-](F)(F)F.[K+]. The summed E-state index contributed by atoms with van der Waals surface area (Å²) in [7, 11) is 0. The van der Waals surface area contributed by atoms with Gasteiger partial charge in [0, 0.05) is 13.2 Å². The fraction of sp³-hybridized carbons (Fsp3) is 0.750. The maximum atomic E-state index is 12.0. The van der Waals surface area contributed by atoms with E-state index in [0.29, 0.717) is 6.61 Å². The van der Waals surface area contributed by atoms with Crippen LogP contribution >= 0.6 is 0 Å². The molecule has 0 spiro atoms. The molecule has 82 valence electrons. The summed E-state index contributed by atoms with van der Waals surface area (Å²) in [5.74, 6) is 0. The molecule has 0 saturated carbocycles. The van der Waals surface area contributed by atoms with Crippen molar-refractivity contribution in [1.29, 1.82) is 0 Å². The Balaban J connectivity index is 0.00000196. The molecule has 0 radical (unpaired) electrons. The molecule has 1 heterocycles. The summed E-state index contributed by atoms with van der Waals surface area (Å²) in [5, 5.41) is 0. The van der Waals surface area contributed by atoms with Crippen molar-refractivity contribution >= 4 is 6.98 Å². The van der Waals surface area contributed by atoms with E-state index in [9.17, 15) is 12.9 Å². The van der Waals surface area contributed by atoms with E-state index in [1.54, 1.807) is 0 Å². The van der Waals surface area contributed by atoms with Gasteiger partial charge in [-0.3, -0.25) is 0 Å². The van der Waals surface area contributed by atoms with Crippen LogP contribution in [-0.2, 0) is 9.47 Å². The maximum absolute atomic E-state index is 12.0. The van der Waals surface area contributed by atoms with E-state index in [0.717, 1.165) is 12.8 Å². The quantitative estimate of drug-likeness (QED) is 0.589. The van der Waals surface area contributed by atoms with Gasteiger partial charge in [0.25, 0.3) is 0 Å². The van der Waals surface area contributed by atoms with Crippen molar-refractivity contribution in [2.45, 2.75) is 18.9 Å². The van der Waals surface area contributed by atoms with Crippen LogP contribution in [0.3, 0.4) is 0 Å². The molecular weight excluding hydrogens is 235 g/mol. The van der Waals surface area contributed by atoms with Crippen molar-refractivity contribution in [3.8, 4) is 0 Å². The number of hydrogen-bond donors (Lipinski definition) is 0. The summed E-state index contributed by atoms with van der Waals surface area (Å²) in [6, 6.07) is 0. The molecule has 1 aliphatic rings. The third kappa shape index (κ3) is 6.45. The van der Waals surface area contributed by atoms with Gasteiger partial charge in [0.2, 0.25) is 0 Å². The fourth-order valence-corrected chi connectivity index (χ4v) is 1.19. The van der Waals surface area contributed by atoms with Crippen LogP contribution < -0.4 is 51.4 Å². The van der Waals surface area contributed by atoms with Gasteiger partial charge in [-0.15, -0.1) is 12.1 Å². The van der Waals surface area contributed by atoms with E-state index in [2.05, 4.69) is 6.58 Å². The molecule has 1 saturated heterocycles. The summed E-state index contributed by atoms with van der Waals surface area (Å²) in [6.07, 6.45) is 1.78. The number of rotatable bonds is 5. The molecule has 2 nitrogen and oxygen atoms in total. The normalized spacial score (nSPS) is 21.1. The minimum atomic E-state index is -4.96. The third-order valence-corrected chi connectivity index (χ3v) is 2.08. The molecule has 0 aromatic heterocycles. The smallest absolute Gasteiger partial charge is 0.445 e. The maximum Gasteiger partial charge on any atom is 1.00 e. The Kier molecular flexibility index (Phi) is 8.05. The van der Waals surface area contributed by atoms with Crippen LogP contribution in [-0.4, -0.2) is 32.9 Å². The van der Waals surface area contributed by atoms with Crippen molar-refractivity contribution in [2.24, 2.45) is 0 Å². The van der Waals surface area contributed by atoms with Crippen molar-refractivity contribution < 1.29 is 73.8 Å². The summed E-state index contributed by atoms with van der Waals surface area (Å²) >= 11 is 0. The van der Waals surface area contributed by atoms with Gasteiger partial charge in [-0.2, -0.15) is 0 Å². The Bertz CT molecular complexity index is 205. The Morgan fingerprint density at radius 3 is 2.60 bits per heavy atom.